The van der Waals surface area contributed by atoms with Gasteiger partial charge < -0.3 is 9.47 Å². The fourth-order valence-electron chi connectivity index (χ4n) is 1.98. The number of rotatable bonds is 1. The molecule has 1 atom stereocenters. The number of esters is 1. The van der Waals surface area contributed by atoms with E-state index in [9.17, 15) is 18.0 Å². The Hall–Kier alpha value is -1.69. The predicted molar refractivity (Wildman–Crippen MR) is 66.7 cm³/mol. The molecular formula is C13H10ClF3O3. The zero-order chi connectivity index (χ0) is 15.1. The van der Waals surface area contributed by atoms with Gasteiger partial charge in [0.2, 0.25) is 6.10 Å². The van der Waals surface area contributed by atoms with Crippen molar-refractivity contribution in [1.29, 1.82) is 0 Å². The average molecular weight is 307 g/mol. The highest BCUT2D eigenvalue weighted by Crippen LogP contribution is 2.40. The Morgan fingerprint density at radius 1 is 1.40 bits per heavy atom. The maximum Gasteiger partial charge on any atom is 0.430 e. The first-order chi connectivity index (χ1) is 9.24. The molecule has 7 heteroatoms. The average Bonchev–Trinajstić information content (AvgIpc) is 2.35. The number of fused-ring (bicyclic) bond motifs is 1. The van der Waals surface area contributed by atoms with Gasteiger partial charge in [0, 0.05) is 10.6 Å². The molecule has 0 amide bonds. The van der Waals surface area contributed by atoms with Crippen LogP contribution in [0, 0.1) is 6.92 Å². The molecule has 0 fully saturated rings. The van der Waals surface area contributed by atoms with Crippen LogP contribution in [0.1, 0.15) is 11.1 Å². The molecule has 1 aromatic rings. The van der Waals surface area contributed by atoms with Gasteiger partial charge in [-0.1, -0.05) is 11.6 Å². The van der Waals surface area contributed by atoms with E-state index in [4.69, 9.17) is 16.3 Å². The smallest absolute Gasteiger partial charge is 0.430 e. The Morgan fingerprint density at radius 2 is 2.05 bits per heavy atom. The summed E-state index contributed by atoms with van der Waals surface area (Å²) in [6, 6.07) is 2.92. The third-order valence-electron chi connectivity index (χ3n) is 2.82. The number of hydrogen-bond acceptors (Lipinski definition) is 3. The Morgan fingerprint density at radius 3 is 2.60 bits per heavy atom. The van der Waals surface area contributed by atoms with E-state index in [1.165, 1.54) is 12.1 Å². The largest absolute Gasteiger partial charge is 0.475 e. The number of benzene rings is 1. The molecule has 0 radical (unpaired) electrons. The summed E-state index contributed by atoms with van der Waals surface area (Å²) in [5, 5.41) is 0.343. The molecule has 1 aliphatic heterocycles. The standard InChI is InChI=1S/C13H10ClF3O3/c1-6-3-8(14)4-7-5-9(12(18)19-2)11(13(15,16)17)20-10(6)7/h3-5,11H,1-2H3. The first-order valence-electron chi connectivity index (χ1n) is 5.57. The minimum atomic E-state index is -4.72. The molecule has 2 rings (SSSR count). The predicted octanol–water partition coefficient (Wildman–Crippen LogP) is 3.53. The Bertz CT molecular complexity index is 593. The molecule has 1 aliphatic rings. The van der Waals surface area contributed by atoms with Crippen molar-refractivity contribution in [2.45, 2.75) is 19.2 Å². The highest BCUT2D eigenvalue weighted by atomic mass is 35.5. The summed E-state index contributed by atoms with van der Waals surface area (Å²) in [5.41, 5.74) is 0.173. The van der Waals surface area contributed by atoms with E-state index in [-0.39, 0.29) is 5.75 Å². The number of halogens is 4. The minimum Gasteiger partial charge on any atom is -0.475 e. The molecule has 0 aromatic heterocycles. The van der Waals surface area contributed by atoms with Gasteiger partial charge in [-0.3, -0.25) is 0 Å². The van der Waals surface area contributed by atoms with Crippen LogP contribution in [0.4, 0.5) is 13.2 Å². The van der Waals surface area contributed by atoms with Gasteiger partial charge in [0.25, 0.3) is 0 Å². The van der Waals surface area contributed by atoms with Crippen LogP contribution in [0.15, 0.2) is 17.7 Å². The molecule has 0 saturated carbocycles. The lowest BCUT2D eigenvalue weighted by atomic mass is 9.99. The second kappa shape index (κ2) is 5.01. The molecule has 1 heterocycles. The number of carbonyl (C=O) groups is 1. The first kappa shape index (κ1) is 14.7. The van der Waals surface area contributed by atoms with E-state index in [1.54, 1.807) is 6.92 Å². The Kier molecular flexibility index (Phi) is 3.69. The fourth-order valence-corrected chi connectivity index (χ4v) is 2.26. The van der Waals surface area contributed by atoms with Crippen molar-refractivity contribution in [2.75, 3.05) is 7.11 Å². The summed E-state index contributed by atoms with van der Waals surface area (Å²) < 4.78 is 48.3. The van der Waals surface area contributed by atoms with Crippen LogP contribution in [0.2, 0.25) is 5.02 Å². The summed E-state index contributed by atoms with van der Waals surface area (Å²) in [6.45, 7) is 1.58. The molecule has 1 aromatic carbocycles. The van der Waals surface area contributed by atoms with Crippen molar-refractivity contribution in [3.05, 3.63) is 33.9 Å². The molecule has 20 heavy (non-hydrogen) atoms. The second-order valence-corrected chi connectivity index (χ2v) is 4.71. The van der Waals surface area contributed by atoms with Gasteiger partial charge in [-0.05, 0) is 30.7 Å². The highest BCUT2D eigenvalue weighted by Gasteiger charge is 2.48. The number of ether oxygens (including phenoxy) is 2. The van der Waals surface area contributed by atoms with Crippen molar-refractivity contribution in [3.63, 3.8) is 0 Å². The Balaban J connectivity index is 2.60. The highest BCUT2D eigenvalue weighted by molar-refractivity contribution is 6.30. The quantitative estimate of drug-likeness (QED) is 0.745. The molecule has 108 valence electrons. The van der Waals surface area contributed by atoms with Gasteiger partial charge in [0.1, 0.15) is 5.75 Å². The monoisotopic (exact) mass is 306 g/mol. The van der Waals surface area contributed by atoms with Crippen LogP contribution in [-0.4, -0.2) is 25.4 Å². The molecule has 0 bridgehead atoms. The van der Waals surface area contributed by atoms with Crippen LogP contribution in [0.25, 0.3) is 6.08 Å². The Labute approximate surface area is 117 Å². The SMILES string of the molecule is COC(=O)C1=Cc2cc(Cl)cc(C)c2OC1C(F)(F)F. The van der Waals surface area contributed by atoms with Crippen LogP contribution in [0.3, 0.4) is 0 Å². The van der Waals surface area contributed by atoms with E-state index in [1.807, 2.05) is 0 Å². The van der Waals surface area contributed by atoms with Gasteiger partial charge in [-0.2, -0.15) is 13.2 Å². The lowest BCUT2D eigenvalue weighted by Gasteiger charge is -2.28. The lowest BCUT2D eigenvalue weighted by Crippen LogP contribution is -2.40. The second-order valence-electron chi connectivity index (χ2n) is 4.27. The van der Waals surface area contributed by atoms with Crippen LogP contribution in [-0.2, 0) is 9.53 Å². The summed E-state index contributed by atoms with van der Waals surface area (Å²) in [7, 11) is 1.01. The van der Waals surface area contributed by atoms with Crippen LogP contribution >= 0.6 is 11.6 Å². The van der Waals surface area contributed by atoms with Gasteiger partial charge >= 0.3 is 12.1 Å². The molecule has 0 spiro atoms. The normalized spacial score (nSPS) is 17.9. The van der Waals surface area contributed by atoms with Crippen molar-refractivity contribution in [3.8, 4) is 5.75 Å². The van der Waals surface area contributed by atoms with Crippen LogP contribution < -0.4 is 4.74 Å². The third kappa shape index (κ3) is 2.60. The molecular weight excluding hydrogens is 297 g/mol. The minimum absolute atomic E-state index is 0.0596. The molecule has 1 unspecified atom stereocenters. The fraction of sp³-hybridized carbons (Fsp3) is 0.308. The van der Waals surface area contributed by atoms with E-state index < -0.39 is 23.8 Å². The summed E-state index contributed by atoms with van der Waals surface area (Å²) in [4.78, 5) is 11.5. The summed E-state index contributed by atoms with van der Waals surface area (Å²) in [6.07, 6.45) is -5.96. The van der Waals surface area contributed by atoms with E-state index >= 15 is 0 Å². The number of alkyl halides is 3. The summed E-state index contributed by atoms with van der Waals surface area (Å²) in [5.74, 6) is -1.03. The van der Waals surface area contributed by atoms with Crippen molar-refractivity contribution < 1.29 is 27.4 Å². The zero-order valence-electron chi connectivity index (χ0n) is 10.5. The van der Waals surface area contributed by atoms with Crippen molar-refractivity contribution in [2.24, 2.45) is 0 Å². The number of carbonyl (C=O) groups excluding carboxylic acids is 1. The number of methoxy groups -OCH3 is 1. The number of aryl methyl sites for hydroxylation is 1. The first-order valence-corrected chi connectivity index (χ1v) is 5.95. The lowest BCUT2D eigenvalue weighted by molar-refractivity contribution is -0.187. The topological polar surface area (TPSA) is 35.5 Å². The molecule has 3 nitrogen and oxygen atoms in total. The van der Waals surface area contributed by atoms with Gasteiger partial charge in [-0.25, -0.2) is 4.79 Å². The van der Waals surface area contributed by atoms with E-state index in [0.717, 1.165) is 13.2 Å². The molecule has 0 aliphatic carbocycles. The van der Waals surface area contributed by atoms with Gasteiger partial charge in [0.15, 0.2) is 0 Å². The molecule has 0 saturated heterocycles. The van der Waals surface area contributed by atoms with E-state index in [2.05, 4.69) is 4.74 Å². The van der Waals surface area contributed by atoms with Crippen LogP contribution in [0.5, 0.6) is 5.75 Å². The maximum atomic E-state index is 13.0. The number of hydrogen-bond donors (Lipinski definition) is 0. The maximum absolute atomic E-state index is 13.0. The van der Waals surface area contributed by atoms with Crippen molar-refractivity contribution in [1.82, 2.24) is 0 Å². The van der Waals surface area contributed by atoms with E-state index in [0.29, 0.717) is 16.1 Å². The molecule has 0 N–H and O–H groups in total. The van der Waals surface area contributed by atoms with Gasteiger partial charge in [-0.15, -0.1) is 0 Å². The zero-order valence-corrected chi connectivity index (χ0v) is 11.3. The van der Waals surface area contributed by atoms with Crippen molar-refractivity contribution >= 4 is 23.6 Å². The third-order valence-corrected chi connectivity index (χ3v) is 3.03. The summed E-state index contributed by atoms with van der Waals surface area (Å²) >= 11 is 5.85. The van der Waals surface area contributed by atoms with Gasteiger partial charge in [0.05, 0.1) is 12.7 Å².